The first-order valence-corrected chi connectivity index (χ1v) is 16.7. The molecule has 2 heterocycles. The van der Waals surface area contributed by atoms with Gasteiger partial charge in [-0.1, -0.05) is 84.9 Å². The van der Waals surface area contributed by atoms with E-state index in [1.54, 1.807) is 19.3 Å². The summed E-state index contributed by atoms with van der Waals surface area (Å²) in [5.41, 5.74) is 1.50. The van der Waals surface area contributed by atoms with Gasteiger partial charge in [-0.15, -0.1) is 0 Å². The number of aliphatic carboxylic acids is 1. The Bertz CT molecular complexity index is 1900. The zero-order valence-electron chi connectivity index (χ0n) is 27.4. The van der Waals surface area contributed by atoms with Gasteiger partial charge < -0.3 is 25.2 Å². The first-order valence-electron chi connectivity index (χ1n) is 16.7. The number of pyridine rings is 1. The molecule has 3 atom stereocenters. The van der Waals surface area contributed by atoms with Crippen molar-refractivity contribution in [2.24, 2.45) is 7.05 Å². The normalized spacial score (nSPS) is 19.7. The Balaban J connectivity index is 1.22. The summed E-state index contributed by atoms with van der Waals surface area (Å²) in [5.74, 6) is -2.48. The monoisotopic (exact) mass is 660 g/mol. The van der Waals surface area contributed by atoms with Crippen molar-refractivity contribution in [2.45, 2.75) is 55.5 Å². The molecular weight excluding hydrogens is 620 g/mol. The summed E-state index contributed by atoms with van der Waals surface area (Å²) < 4.78 is 1.36. The van der Waals surface area contributed by atoms with Crippen LogP contribution >= 0.6 is 0 Å². The number of benzene rings is 3. The SMILES string of the molecule is Cn1cccc(C(=O)NC2CCN(C(=O)[C@H]3CC[C@@](C(=O)N[C@@H](Cc4ccccc4)C(=O)O)(c4ccccc4)c4ccccc43)CC2)c1=O. The third-order valence-electron chi connectivity index (χ3n) is 9.95. The molecule has 10 nitrogen and oxygen atoms in total. The number of nitrogens with one attached hydrogen (secondary N) is 2. The van der Waals surface area contributed by atoms with Gasteiger partial charge in [0.05, 0.1) is 11.3 Å². The number of carboxylic acids is 1. The Hall–Kier alpha value is -5.51. The lowest BCUT2D eigenvalue weighted by Crippen LogP contribution is -2.54. The number of fused-ring (bicyclic) bond motifs is 1. The lowest BCUT2D eigenvalue weighted by molar-refractivity contribution is -0.142. The minimum atomic E-state index is -1.20. The van der Waals surface area contributed by atoms with Crippen LogP contribution in [0.2, 0.25) is 0 Å². The second-order valence-corrected chi connectivity index (χ2v) is 12.9. The van der Waals surface area contributed by atoms with Gasteiger partial charge >= 0.3 is 5.97 Å². The van der Waals surface area contributed by atoms with Crippen LogP contribution in [-0.2, 0) is 33.3 Å². The summed E-state index contributed by atoms with van der Waals surface area (Å²) >= 11 is 0. The van der Waals surface area contributed by atoms with Crippen LogP contribution in [0.5, 0.6) is 0 Å². The van der Waals surface area contributed by atoms with Crippen LogP contribution in [0, 0.1) is 0 Å². The smallest absolute Gasteiger partial charge is 0.326 e. The molecule has 10 heteroatoms. The molecule has 252 valence electrons. The van der Waals surface area contributed by atoms with Crippen molar-refractivity contribution in [3.63, 3.8) is 0 Å². The second-order valence-electron chi connectivity index (χ2n) is 12.9. The molecule has 0 unspecified atom stereocenters. The quantitative estimate of drug-likeness (QED) is 0.250. The van der Waals surface area contributed by atoms with Crippen LogP contribution in [0.15, 0.2) is 108 Å². The van der Waals surface area contributed by atoms with Crippen molar-refractivity contribution in [1.82, 2.24) is 20.1 Å². The number of likely N-dealkylation sites (tertiary alicyclic amines) is 1. The minimum absolute atomic E-state index is 0.0382. The molecule has 4 aromatic rings. The Morgan fingerprint density at radius 2 is 1.51 bits per heavy atom. The Morgan fingerprint density at radius 3 is 2.20 bits per heavy atom. The molecule has 1 fully saturated rings. The number of hydrogen-bond donors (Lipinski definition) is 3. The molecule has 3 amide bonds. The second kappa shape index (κ2) is 14.3. The molecule has 3 N–H and O–H groups in total. The number of hydrogen-bond acceptors (Lipinski definition) is 5. The fourth-order valence-corrected chi connectivity index (χ4v) is 7.32. The maximum Gasteiger partial charge on any atom is 0.326 e. The van der Waals surface area contributed by atoms with E-state index in [1.807, 2.05) is 89.8 Å². The van der Waals surface area contributed by atoms with Gasteiger partial charge in [-0.05, 0) is 60.1 Å². The van der Waals surface area contributed by atoms with E-state index in [1.165, 1.54) is 10.6 Å². The predicted molar refractivity (Wildman–Crippen MR) is 184 cm³/mol. The number of aryl methyl sites for hydroxylation is 1. The fraction of sp³-hybridized carbons (Fsp3) is 0.308. The van der Waals surface area contributed by atoms with E-state index in [0.717, 1.165) is 16.7 Å². The highest BCUT2D eigenvalue weighted by atomic mass is 16.4. The summed E-state index contributed by atoms with van der Waals surface area (Å²) in [7, 11) is 1.60. The molecule has 2 aliphatic rings. The van der Waals surface area contributed by atoms with E-state index < -0.39 is 35.2 Å². The summed E-state index contributed by atoms with van der Waals surface area (Å²) in [6, 6.07) is 27.9. The largest absolute Gasteiger partial charge is 0.480 e. The van der Waals surface area contributed by atoms with Crippen LogP contribution in [0.4, 0.5) is 0 Å². The summed E-state index contributed by atoms with van der Waals surface area (Å²) in [5, 5.41) is 16.0. The van der Waals surface area contributed by atoms with Crippen LogP contribution in [0.25, 0.3) is 0 Å². The lowest BCUT2D eigenvalue weighted by atomic mass is 9.62. The molecule has 0 spiro atoms. The molecule has 0 saturated carbocycles. The fourth-order valence-electron chi connectivity index (χ4n) is 7.32. The van der Waals surface area contributed by atoms with Crippen molar-refractivity contribution in [2.75, 3.05) is 13.1 Å². The van der Waals surface area contributed by atoms with E-state index in [0.29, 0.717) is 44.3 Å². The highest BCUT2D eigenvalue weighted by molar-refractivity contribution is 5.97. The average molecular weight is 661 g/mol. The minimum Gasteiger partial charge on any atom is -0.480 e. The first-order chi connectivity index (χ1) is 23.7. The molecular formula is C39H40N4O6. The number of nitrogens with zero attached hydrogens (tertiary/aromatic N) is 2. The molecule has 0 bridgehead atoms. The molecule has 1 aliphatic carbocycles. The summed E-state index contributed by atoms with van der Waals surface area (Å²) in [4.78, 5) is 68.1. The molecule has 1 aliphatic heterocycles. The standard InChI is InChI=1S/C39H40N4O6/c1-42-22-10-16-31(35(42)45)34(44)40-28-19-23-43(24-20-28)36(46)30-18-21-39(27-13-6-3-7-14-27,32-17-9-8-15-29(30)32)38(49)41-33(37(47)48)25-26-11-4-2-5-12-26/h2-17,22,28,30,33H,18-21,23-25H2,1H3,(H,40,44)(H,41,49)(H,47,48)/t30-,33-,39+/m0/s1. The van der Waals surface area contributed by atoms with Gasteiger partial charge in [0, 0.05) is 38.8 Å². The molecule has 6 rings (SSSR count). The van der Waals surface area contributed by atoms with Crippen molar-refractivity contribution >= 4 is 23.7 Å². The number of piperidine rings is 1. The van der Waals surface area contributed by atoms with Crippen LogP contribution < -0.4 is 16.2 Å². The third kappa shape index (κ3) is 6.76. The zero-order valence-corrected chi connectivity index (χ0v) is 27.4. The molecule has 49 heavy (non-hydrogen) atoms. The van der Waals surface area contributed by atoms with Gasteiger partial charge in [0.2, 0.25) is 11.8 Å². The Kier molecular flexibility index (Phi) is 9.75. The number of rotatable bonds is 9. The zero-order chi connectivity index (χ0) is 34.5. The highest BCUT2D eigenvalue weighted by Gasteiger charge is 2.49. The molecule has 1 aromatic heterocycles. The topological polar surface area (TPSA) is 138 Å². The molecule has 0 radical (unpaired) electrons. The van der Waals surface area contributed by atoms with E-state index in [-0.39, 0.29) is 29.5 Å². The first kappa shape index (κ1) is 33.4. The molecule has 1 saturated heterocycles. The van der Waals surface area contributed by atoms with E-state index >= 15 is 0 Å². The van der Waals surface area contributed by atoms with Crippen molar-refractivity contribution in [3.05, 3.63) is 141 Å². The van der Waals surface area contributed by atoms with Crippen molar-refractivity contribution in [3.8, 4) is 0 Å². The number of amides is 3. The lowest BCUT2D eigenvalue weighted by Gasteiger charge is -2.43. The molecule has 3 aromatic carbocycles. The van der Waals surface area contributed by atoms with Gasteiger partial charge in [0.15, 0.2) is 0 Å². The maximum atomic E-state index is 14.5. The van der Waals surface area contributed by atoms with Gasteiger partial charge in [0.25, 0.3) is 11.5 Å². The van der Waals surface area contributed by atoms with Gasteiger partial charge in [-0.2, -0.15) is 0 Å². The van der Waals surface area contributed by atoms with E-state index in [4.69, 9.17) is 0 Å². The third-order valence-corrected chi connectivity index (χ3v) is 9.95. The van der Waals surface area contributed by atoms with Gasteiger partial charge in [-0.25, -0.2) is 4.79 Å². The van der Waals surface area contributed by atoms with Gasteiger partial charge in [-0.3, -0.25) is 19.2 Å². The van der Waals surface area contributed by atoms with E-state index in [2.05, 4.69) is 10.6 Å². The Morgan fingerprint density at radius 1 is 0.857 bits per heavy atom. The van der Waals surface area contributed by atoms with Crippen LogP contribution in [0.1, 0.15) is 64.2 Å². The van der Waals surface area contributed by atoms with Crippen LogP contribution in [-0.4, -0.2) is 63.4 Å². The Labute approximate surface area is 284 Å². The van der Waals surface area contributed by atoms with Crippen molar-refractivity contribution in [1.29, 1.82) is 0 Å². The number of aromatic nitrogens is 1. The summed E-state index contributed by atoms with van der Waals surface area (Å²) in [6.45, 7) is 0.888. The highest BCUT2D eigenvalue weighted by Crippen LogP contribution is 2.48. The van der Waals surface area contributed by atoms with Gasteiger partial charge in [0.1, 0.15) is 11.6 Å². The summed E-state index contributed by atoms with van der Waals surface area (Å²) in [6.07, 6.45) is 3.53. The number of carboxylic acid groups (broad SMARTS) is 1. The van der Waals surface area contributed by atoms with Crippen LogP contribution in [0.3, 0.4) is 0 Å². The predicted octanol–water partition coefficient (Wildman–Crippen LogP) is 3.78. The number of carbonyl (C=O) groups is 4. The maximum absolute atomic E-state index is 14.5. The number of carbonyl (C=O) groups excluding carboxylic acids is 3. The van der Waals surface area contributed by atoms with Crippen molar-refractivity contribution < 1.29 is 24.3 Å². The average Bonchev–Trinajstić information content (AvgIpc) is 3.12. The van der Waals surface area contributed by atoms with E-state index in [9.17, 15) is 29.1 Å².